The standard InChI is InChI=1S/C40H66O4/c1-27(2)28-16-21-40(26-43-33-12-8-10-24-41-33)23-22-38(6)29(35(28)40)14-15-31-37(5)19-18-32(44-34-13-9-11-25-42-34)36(3,4)30(37)17-20-39(31,38)7/h28-35H,1,8-26H2,2-7H3/t28-,29+,30-,31+,32-,33+,34?,35?,37-,38+,39+,40+/m0/s1. The van der Waals surface area contributed by atoms with Crippen LogP contribution in [-0.2, 0) is 18.9 Å². The largest absolute Gasteiger partial charge is 0.353 e. The summed E-state index contributed by atoms with van der Waals surface area (Å²) < 4.78 is 25.7. The molecule has 0 spiro atoms. The van der Waals surface area contributed by atoms with E-state index in [4.69, 9.17) is 18.9 Å². The highest BCUT2D eigenvalue weighted by atomic mass is 16.7. The van der Waals surface area contributed by atoms with Gasteiger partial charge in [0.2, 0.25) is 0 Å². The van der Waals surface area contributed by atoms with E-state index in [2.05, 4.69) is 48.1 Å². The molecule has 44 heavy (non-hydrogen) atoms. The molecule has 0 N–H and O–H groups in total. The quantitative estimate of drug-likeness (QED) is 0.221. The molecule has 0 radical (unpaired) electrons. The number of hydrogen-bond acceptors (Lipinski definition) is 4. The Labute approximate surface area is 270 Å². The molecule has 4 heteroatoms. The molecule has 0 aromatic heterocycles. The predicted molar refractivity (Wildman–Crippen MR) is 177 cm³/mol. The van der Waals surface area contributed by atoms with Crippen LogP contribution < -0.4 is 0 Å². The number of ether oxygens (including phenoxy) is 4. The molecule has 7 fully saturated rings. The summed E-state index contributed by atoms with van der Waals surface area (Å²) in [5, 5.41) is 0. The molecule has 2 aliphatic heterocycles. The van der Waals surface area contributed by atoms with Gasteiger partial charge in [-0.2, -0.15) is 0 Å². The van der Waals surface area contributed by atoms with E-state index in [9.17, 15) is 0 Å². The molecule has 0 aromatic rings. The lowest BCUT2D eigenvalue weighted by Gasteiger charge is -2.73. The molecule has 2 heterocycles. The second-order valence-corrected chi connectivity index (χ2v) is 18.4. The van der Waals surface area contributed by atoms with Crippen LogP contribution in [0.3, 0.4) is 0 Å². The van der Waals surface area contributed by atoms with Crippen LogP contribution in [-0.4, -0.2) is 38.5 Å². The summed E-state index contributed by atoms with van der Waals surface area (Å²) in [5.74, 6) is 3.65. The van der Waals surface area contributed by atoms with Crippen molar-refractivity contribution in [2.45, 2.75) is 163 Å². The van der Waals surface area contributed by atoms with E-state index in [0.717, 1.165) is 50.4 Å². The van der Waals surface area contributed by atoms with E-state index >= 15 is 0 Å². The van der Waals surface area contributed by atoms with E-state index in [1.54, 1.807) is 0 Å². The average molecular weight is 611 g/mol. The molecule has 250 valence electrons. The number of allylic oxidation sites excluding steroid dienone is 1. The maximum Gasteiger partial charge on any atom is 0.157 e. The lowest BCUT2D eigenvalue weighted by atomic mass is 9.32. The first-order valence-electron chi connectivity index (χ1n) is 19.1. The summed E-state index contributed by atoms with van der Waals surface area (Å²) in [7, 11) is 0. The predicted octanol–water partition coefficient (Wildman–Crippen LogP) is 10.1. The third-order valence-electron chi connectivity index (χ3n) is 16.3. The normalized spacial score (nSPS) is 51.9. The van der Waals surface area contributed by atoms with Crippen LogP contribution in [0.15, 0.2) is 12.2 Å². The van der Waals surface area contributed by atoms with Crippen LogP contribution in [0.2, 0.25) is 0 Å². The molecular formula is C40H66O4. The van der Waals surface area contributed by atoms with Gasteiger partial charge in [0.15, 0.2) is 12.6 Å². The molecule has 5 aliphatic carbocycles. The van der Waals surface area contributed by atoms with E-state index < -0.39 is 0 Å². The van der Waals surface area contributed by atoms with Crippen LogP contribution in [0, 0.1) is 56.7 Å². The first-order valence-corrected chi connectivity index (χ1v) is 19.1. The third-order valence-corrected chi connectivity index (χ3v) is 16.3. The monoisotopic (exact) mass is 610 g/mol. The van der Waals surface area contributed by atoms with Gasteiger partial charge in [-0.1, -0.05) is 46.8 Å². The molecule has 2 saturated heterocycles. The Morgan fingerprint density at radius 1 is 0.705 bits per heavy atom. The lowest BCUT2D eigenvalue weighted by Crippen LogP contribution is -2.67. The van der Waals surface area contributed by atoms with Crippen molar-refractivity contribution in [2.24, 2.45) is 56.7 Å². The van der Waals surface area contributed by atoms with E-state index in [0.29, 0.717) is 39.6 Å². The highest BCUT2D eigenvalue weighted by molar-refractivity contribution is 5.21. The zero-order valence-electron chi connectivity index (χ0n) is 29.4. The van der Waals surface area contributed by atoms with Crippen molar-refractivity contribution >= 4 is 0 Å². The molecule has 0 bridgehead atoms. The summed E-state index contributed by atoms with van der Waals surface area (Å²) >= 11 is 0. The number of fused-ring (bicyclic) bond motifs is 7. The van der Waals surface area contributed by atoms with Gasteiger partial charge in [0.1, 0.15) is 0 Å². The van der Waals surface area contributed by atoms with Crippen molar-refractivity contribution in [1.29, 1.82) is 0 Å². The van der Waals surface area contributed by atoms with Crippen molar-refractivity contribution in [3.05, 3.63) is 12.2 Å². The Morgan fingerprint density at radius 2 is 1.43 bits per heavy atom. The summed E-state index contributed by atoms with van der Waals surface area (Å²) in [6.45, 7) is 23.0. The van der Waals surface area contributed by atoms with Crippen molar-refractivity contribution in [3.63, 3.8) is 0 Å². The Kier molecular flexibility index (Phi) is 8.49. The summed E-state index contributed by atoms with van der Waals surface area (Å²) in [5.41, 5.74) is 3.07. The second kappa shape index (κ2) is 11.6. The minimum absolute atomic E-state index is 0.0180. The Hall–Kier alpha value is -0.420. The molecule has 7 aliphatic rings. The highest BCUT2D eigenvalue weighted by Crippen LogP contribution is 2.77. The molecule has 7 rings (SSSR count). The zero-order chi connectivity index (χ0) is 31.0. The fourth-order valence-electron chi connectivity index (χ4n) is 13.9. The molecule has 12 atom stereocenters. The number of hydrogen-bond donors (Lipinski definition) is 0. The average Bonchev–Trinajstić information content (AvgIpc) is 3.39. The van der Waals surface area contributed by atoms with Crippen molar-refractivity contribution < 1.29 is 18.9 Å². The third kappa shape index (κ3) is 4.87. The van der Waals surface area contributed by atoms with Gasteiger partial charge in [-0.15, -0.1) is 0 Å². The molecule has 0 amide bonds. The Morgan fingerprint density at radius 3 is 2.11 bits per heavy atom. The zero-order valence-corrected chi connectivity index (χ0v) is 29.4. The van der Waals surface area contributed by atoms with Crippen molar-refractivity contribution in [3.8, 4) is 0 Å². The molecule has 2 unspecified atom stereocenters. The Balaban J connectivity index is 1.14. The minimum atomic E-state index is 0.0180. The van der Waals surface area contributed by atoms with Crippen molar-refractivity contribution in [1.82, 2.24) is 0 Å². The van der Waals surface area contributed by atoms with E-state index in [1.165, 1.54) is 95.5 Å². The molecular weight excluding hydrogens is 544 g/mol. The maximum atomic E-state index is 6.82. The maximum absolute atomic E-state index is 6.82. The fourth-order valence-corrected chi connectivity index (χ4v) is 13.9. The van der Waals surface area contributed by atoms with Crippen LogP contribution in [0.5, 0.6) is 0 Å². The van der Waals surface area contributed by atoms with Crippen LogP contribution in [0.1, 0.15) is 144 Å². The van der Waals surface area contributed by atoms with Crippen LogP contribution >= 0.6 is 0 Å². The van der Waals surface area contributed by atoms with Gasteiger partial charge in [-0.3, -0.25) is 0 Å². The van der Waals surface area contributed by atoms with Crippen LogP contribution in [0.4, 0.5) is 0 Å². The summed E-state index contributed by atoms with van der Waals surface area (Å²) in [6, 6.07) is 0. The van der Waals surface area contributed by atoms with E-state index in [1.807, 2.05) is 0 Å². The molecule has 4 nitrogen and oxygen atoms in total. The first kappa shape index (κ1) is 32.1. The first-order chi connectivity index (χ1) is 20.9. The fraction of sp³-hybridized carbons (Fsp3) is 0.950. The van der Waals surface area contributed by atoms with E-state index in [-0.39, 0.29) is 18.0 Å². The van der Waals surface area contributed by atoms with Crippen LogP contribution in [0.25, 0.3) is 0 Å². The van der Waals surface area contributed by atoms with Gasteiger partial charge in [0, 0.05) is 13.2 Å². The molecule has 0 aromatic carbocycles. The van der Waals surface area contributed by atoms with Gasteiger partial charge in [0.25, 0.3) is 0 Å². The minimum Gasteiger partial charge on any atom is -0.353 e. The van der Waals surface area contributed by atoms with Gasteiger partial charge in [-0.05, 0) is 166 Å². The van der Waals surface area contributed by atoms with Gasteiger partial charge < -0.3 is 18.9 Å². The van der Waals surface area contributed by atoms with Crippen molar-refractivity contribution in [2.75, 3.05) is 19.8 Å². The highest BCUT2D eigenvalue weighted by Gasteiger charge is 2.71. The summed E-state index contributed by atoms with van der Waals surface area (Å²) in [6.07, 6.45) is 20.7. The summed E-state index contributed by atoms with van der Waals surface area (Å²) in [4.78, 5) is 0. The number of rotatable bonds is 6. The second-order valence-electron chi connectivity index (χ2n) is 18.4. The van der Waals surface area contributed by atoms with Gasteiger partial charge >= 0.3 is 0 Å². The topological polar surface area (TPSA) is 36.9 Å². The smallest absolute Gasteiger partial charge is 0.157 e. The molecule has 5 saturated carbocycles. The van der Waals surface area contributed by atoms with Gasteiger partial charge in [-0.25, -0.2) is 0 Å². The van der Waals surface area contributed by atoms with Gasteiger partial charge in [0.05, 0.1) is 12.7 Å². The lowest BCUT2D eigenvalue weighted by molar-refractivity contribution is -0.276. The Bertz CT molecular complexity index is 1060. The SMILES string of the molecule is C=C(C)[C@@H]1CC[C@]2(CO[C@@H]3CCCCO3)CC[C@]3(C)[C@H](CC[C@@H]4[C@@]5(C)CC[C@H](OC6CCCCO6)C(C)(C)[C@@H]5CC[C@]43C)C12.